The number of aliphatic imine (C=N–C) groups is 1. The number of pyridine rings is 1. The van der Waals surface area contributed by atoms with Crippen LogP contribution in [-0.2, 0) is 36.2 Å². The second kappa shape index (κ2) is 13.0. The van der Waals surface area contributed by atoms with Crippen molar-refractivity contribution in [2.45, 2.75) is 26.7 Å². The first kappa shape index (κ1) is 31.2. The molecule has 3 aliphatic heterocycles. The van der Waals surface area contributed by atoms with Gasteiger partial charge in [0, 0.05) is 32.0 Å². The fourth-order valence-corrected chi connectivity index (χ4v) is 10.5. The minimum Gasteiger partial charge on any atom is -0.399 e. The van der Waals surface area contributed by atoms with E-state index in [2.05, 4.69) is 15.6 Å². The summed E-state index contributed by atoms with van der Waals surface area (Å²) in [6, 6.07) is 28.8. The summed E-state index contributed by atoms with van der Waals surface area (Å²) in [5.74, 6) is -0.412. The fourth-order valence-electron chi connectivity index (χ4n) is 6.24. The monoisotopic (exact) mass is 689 g/mol. The van der Waals surface area contributed by atoms with Crippen molar-refractivity contribution >= 4 is 37.8 Å². The molecule has 0 aliphatic carbocycles. The molecule has 14 heteroatoms. The van der Waals surface area contributed by atoms with Crippen LogP contribution in [0.15, 0.2) is 141 Å². The number of hydrogen-bond donors (Lipinski definition) is 2. The highest BCUT2D eigenvalue weighted by Crippen LogP contribution is 2.53. The van der Waals surface area contributed by atoms with Gasteiger partial charge in [0.1, 0.15) is 22.3 Å². The number of hydrogen-bond acceptors (Lipinski definition) is 11. The van der Waals surface area contributed by atoms with Gasteiger partial charge in [0.25, 0.3) is 0 Å². The summed E-state index contributed by atoms with van der Waals surface area (Å²) in [7, 11) is -4.28. The second-order valence-corrected chi connectivity index (χ2v) is 15.1. The maximum atomic E-state index is 14.9. The number of nitrogens with one attached hydrogen (secondary N) is 2. The van der Waals surface area contributed by atoms with Gasteiger partial charge >= 0.3 is 0 Å². The van der Waals surface area contributed by atoms with E-state index in [0.29, 0.717) is 35.8 Å². The van der Waals surface area contributed by atoms with Crippen LogP contribution in [0, 0.1) is 0 Å². The summed E-state index contributed by atoms with van der Waals surface area (Å²) >= 11 is -4.41. The highest BCUT2D eigenvalue weighted by atomic mass is 32.2. The number of para-hydroxylation sites is 1. The van der Waals surface area contributed by atoms with Gasteiger partial charge in [-0.3, -0.25) is 14.2 Å². The van der Waals surface area contributed by atoms with Crippen molar-refractivity contribution in [1.82, 2.24) is 20.5 Å². The normalized spacial score (nSPS) is 23.7. The predicted octanol–water partition coefficient (Wildman–Crippen LogP) is 3.28. The number of benzene rings is 3. The third-order valence-electron chi connectivity index (χ3n) is 8.16. The summed E-state index contributed by atoms with van der Waals surface area (Å²) in [5.41, 5.74) is -1.52. The summed E-state index contributed by atoms with van der Waals surface area (Å²) in [6.07, 6.45) is 3.13. The summed E-state index contributed by atoms with van der Waals surface area (Å²) in [6.45, 7) is 1.35. The van der Waals surface area contributed by atoms with E-state index in [4.69, 9.17) is 13.4 Å². The number of aromatic nitrogens is 1. The molecule has 4 aromatic rings. The largest absolute Gasteiger partial charge is 0.399 e. The number of sulfone groups is 1. The van der Waals surface area contributed by atoms with Crippen molar-refractivity contribution in [3.63, 3.8) is 0 Å². The van der Waals surface area contributed by atoms with Crippen LogP contribution in [0.3, 0.4) is 0 Å². The lowest BCUT2D eigenvalue weighted by molar-refractivity contribution is 0.0665. The zero-order valence-corrected chi connectivity index (χ0v) is 27.4. The van der Waals surface area contributed by atoms with E-state index >= 15 is 0 Å². The maximum absolute atomic E-state index is 14.9. The Labute approximate surface area is 278 Å². The molecule has 242 valence electrons. The van der Waals surface area contributed by atoms with Crippen LogP contribution in [0.4, 0.5) is 0 Å². The smallest absolute Gasteiger partial charge is 0.233 e. The van der Waals surface area contributed by atoms with Crippen molar-refractivity contribution in [2.24, 2.45) is 4.99 Å². The molecule has 0 radical (unpaired) electrons. The Morgan fingerprint density at radius 1 is 0.851 bits per heavy atom. The van der Waals surface area contributed by atoms with Gasteiger partial charge in [-0.25, -0.2) is 16.8 Å². The molecule has 1 saturated heterocycles. The first-order valence-electron chi connectivity index (χ1n) is 14.9. The molecular weight excluding hydrogens is 659 g/mol. The molecule has 0 amide bonds. The van der Waals surface area contributed by atoms with Crippen LogP contribution in [0.1, 0.15) is 11.5 Å². The highest BCUT2D eigenvalue weighted by molar-refractivity contribution is 7.95. The third kappa shape index (κ3) is 5.64. The van der Waals surface area contributed by atoms with Gasteiger partial charge in [-0.05, 0) is 48.0 Å². The molecule has 0 saturated carbocycles. The lowest BCUT2D eigenvalue weighted by Gasteiger charge is -2.51. The van der Waals surface area contributed by atoms with E-state index < -0.39 is 48.9 Å². The summed E-state index contributed by atoms with van der Waals surface area (Å²) in [5, 5.41) is 5.32. The Morgan fingerprint density at radius 2 is 1.55 bits per heavy atom. The molecular formula is C33H31N5O6S3. The molecule has 3 aromatic carbocycles. The lowest BCUT2D eigenvalue weighted by atomic mass is 9.78. The van der Waals surface area contributed by atoms with E-state index in [-0.39, 0.29) is 28.0 Å². The topological polar surface area (TPSA) is 139 Å². The maximum Gasteiger partial charge on any atom is 0.233 e. The Balaban J connectivity index is 1.55. The predicted molar refractivity (Wildman–Crippen MR) is 178 cm³/mol. The van der Waals surface area contributed by atoms with Crippen LogP contribution >= 0.6 is 0 Å². The van der Waals surface area contributed by atoms with Gasteiger partial charge in [0.15, 0.2) is 22.1 Å². The van der Waals surface area contributed by atoms with Crippen molar-refractivity contribution in [3.05, 3.63) is 132 Å². The average Bonchev–Trinajstić information content (AvgIpc) is 3.83. The average molecular weight is 690 g/mol. The number of amidine groups is 1. The van der Waals surface area contributed by atoms with Crippen LogP contribution in [0.5, 0.6) is 5.75 Å². The van der Waals surface area contributed by atoms with Crippen LogP contribution in [-0.4, -0.2) is 69.7 Å². The molecule has 7 rings (SSSR count). The summed E-state index contributed by atoms with van der Waals surface area (Å²) < 4.78 is 71.8. The van der Waals surface area contributed by atoms with E-state index in [9.17, 15) is 16.8 Å². The molecule has 4 heterocycles. The van der Waals surface area contributed by atoms with Gasteiger partial charge in [-0.2, -0.15) is 0 Å². The summed E-state index contributed by atoms with van der Waals surface area (Å²) in [4.78, 5) is 11.2. The molecule has 0 unspecified atom stereocenters. The van der Waals surface area contributed by atoms with Gasteiger partial charge in [-0.1, -0.05) is 60.7 Å². The standard InChI is InChI=1S/C33H31N5O6S3/c39-45(26-14-6-2-7-15-26)44-33(31-36-19-20-37-31)28(24-11-10-18-34-23-24)29(47(41,42)27-16-8-3-9-17-27)30-35-21-22-38(30)32(33)46(40)43-25-12-4-1-5-13-25/h1-18,23,28,32,35H,19-22H2,(H,36,37)/t28-,32+,33-,45-,46-/m1/s1. The molecule has 47 heavy (non-hydrogen) atoms. The molecule has 5 atom stereocenters. The first-order valence-corrected chi connectivity index (χ1v) is 18.6. The van der Waals surface area contributed by atoms with Crippen LogP contribution < -0.4 is 14.8 Å². The molecule has 0 spiro atoms. The van der Waals surface area contributed by atoms with Gasteiger partial charge in [-0.15, -0.1) is 0 Å². The highest BCUT2D eigenvalue weighted by Gasteiger charge is 2.66. The second-order valence-electron chi connectivity index (χ2n) is 11.0. The third-order valence-corrected chi connectivity index (χ3v) is 12.5. The lowest BCUT2D eigenvalue weighted by Crippen LogP contribution is -2.69. The SMILES string of the molecule is O=[S@](O[C@@]1(C2=NCCN2)[C@H](c2cccnc2)C(S(=O)(=O)c2ccccc2)=C2NCCN2[C@H]1[S@](=O)Oc1ccccc1)c1ccccc1. The molecule has 0 bridgehead atoms. The minimum atomic E-state index is -4.28. The van der Waals surface area contributed by atoms with Gasteiger partial charge < -0.3 is 19.7 Å². The van der Waals surface area contributed by atoms with Crippen LogP contribution in [0.25, 0.3) is 0 Å². The molecule has 2 N–H and O–H groups in total. The minimum absolute atomic E-state index is 0.0383. The van der Waals surface area contributed by atoms with Gasteiger partial charge in [0.2, 0.25) is 20.9 Å². The van der Waals surface area contributed by atoms with Crippen molar-refractivity contribution < 1.29 is 25.2 Å². The van der Waals surface area contributed by atoms with Crippen LogP contribution in [0.2, 0.25) is 0 Å². The number of fused-ring (bicyclic) bond motifs is 1. The zero-order chi connectivity index (χ0) is 32.4. The Kier molecular flexibility index (Phi) is 8.66. The Bertz CT molecular complexity index is 1970. The van der Waals surface area contributed by atoms with Gasteiger partial charge in [0.05, 0.1) is 22.3 Å². The zero-order valence-electron chi connectivity index (χ0n) is 25.0. The van der Waals surface area contributed by atoms with E-state index in [1.165, 1.54) is 12.1 Å². The van der Waals surface area contributed by atoms with E-state index in [1.807, 2.05) is 6.07 Å². The van der Waals surface area contributed by atoms with E-state index in [0.717, 1.165) is 0 Å². The quantitative estimate of drug-likeness (QED) is 0.255. The molecule has 11 nitrogen and oxygen atoms in total. The number of rotatable bonds is 10. The van der Waals surface area contributed by atoms with Crippen molar-refractivity contribution in [3.8, 4) is 5.75 Å². The van der Waals surface area contributed by atoms with E-state index in [1.54, 1.807) is 102 Å². The Morgan fingerprint density at radius 3 is 2.21 bits per heavy atom. The Hall–Kier alpha value is -4.37. The molecule has 3 aliphatic rings. The molecule has 1 aromatic heterocycles. The van der Waals surface area contributed by atoms with Crippen molar-refractivity contribution in [1.29, 1.82) is 0 Å². The number of nitrogens with zero attached hydrogens (tertiary/aromatic N) is 3. The van der Waals surface area contributed by atoms with Crippen molar-refractivity contribution in [2.75, 3.05) is 26.2 Å². The molecule has 1 fully saturated rings. The fraction of sp³-hybridized carbons (Fsp3) is 0.212. The first-order chi connectivity index (χ1) is 22.9.